The molecule has 5 nitrogen and oxygen atoms in total. The maximum absolute atomic E-state index is 14.2. The summed E-state index contributed by atoms with van der Waals surface area (Å²) in [6, 6.07) is 5.73. The lowest BCUT2D eigenvalue weighted by Crippen LogP contribution is -2.24. The SMILES string of the molecule is CC(C)(c1cc(F)cc(C(=O)O)n1)c1cc(F)cc(-c2ccc(F)nc2F)n1. The average Bonchev–Trinajstić information content (AvgIpc) is 2.60. The molecule has 3 aromatic rings. The molecule has 0 saturated heterocycles. The number of nitrogens with zero attached hydrogens (tertiary/aromatic N) is 3. The van der Waals surface area contributed by atoms with Crippen molar-refractivity contribution in [2.75, 3.05) is 0 Å². The van der Waals surface area contributed by atoms with E-state index >= 15 is 0 Å². The van der Waals surface area contributed by atoms with Crippen molar-refractivity contribution < 1.29 is 27.5 Å². The first-order chi connectivity index (χ1) is 13.1. The molecule has 0 radical (unpaired) electrons. The summed E-state index contributed by atoms with van der Waals surface area (Å²) in [7, 11) is 0. The molecule has 0 saturated carbocycles. The summed E-state index contributed by atoms with van der Waals surface area (Å²) in [5, 5.41) is 9.08. The first-order valence-corrected chi connectivity index (χ1v) is 8.00. The lowest BCUT2D eigenvalue weighted by Gasteiger charge is -2.24. The van der Waals surface area contributed by atoms with Crippen LogP contribution in [0.1, 0.15) is 35.7 Å². The van der Waals surface area contributed by atoms with Crippen molar-refractivity contribution in [2.45, 2.75) is 19.3 Å². The molecular weight excluding hydrogens is 378 g/mol. The van der Waals surface area contributed by atoms with Crippen molar-refractivity contribution in [3.8, 4) is 11.3 Å². The summed E-state index contributed by atoms with van der Waals surface area (Å²) in [5.74, 6) is -5.24. The molecule has 0 unspecified atom stereocenters. The van der Waals surface area contributed by atoms with E-state index in [0.29, 0.717) is 0 Å². The van der Waals surface area contributed by atoms with Crippen LogP contribution < -0.4 is 0 Å². The number of halogens is 4. The molecule has 0 fully saturated rings. The molecule has 3 heterocycles. The number of carboxylic acids is 1. The fraction of sp³-hybridized carbons (Fsp3) is 0.158. The van der Waals surface area contributed by atoms with Crippen LogP contribution in [0.4, 0.5) is 17.6 Å². The number of hydrogen-bond acceptors (Lipinski definition) is 4. The summed E-state index contributed by atoms with van der Waals surface area (Å²) in [4.78, 5) is 22.3. The molecule has 0 bridgehead atoms. The van der Waals surface area contributed by atoms with Crippen molar-refractivity contribution in [3.05, 3.63) is 77.0 Å². The molecule has 0 aliphatic heterocycles. The lowest BCUT2D eigenvalue weighted by atomic mass is 9.84. The maximum Gasteiger partial charge on any atom is 0.354 e. The van der Waals surface area contributed by atoms with Crippen molar-refractivity contribution in [1.29, 1.82) is 0 Å². The van der Waals surface area contributed by atoms with Crippen LogP contribution in [0.5, 0.6) is 0 Å². The second kappa shape index (κ2) is 6.99. The predicted molar refractivity (Wildman–Crippen MR) is 90.6 cm³/mol. The fourth-order valence-corrected chi connectivity index (χ4v) is 2.62. The molecular formula is C19H13F4N3O2. The first kappa shape index (κ1) is 19.4. The van der Waals surface area contributed by atoms with Gasteiger partial charge in [-0.25, -0.2) is 18.6 Å². The summed E-state index contributed by atoms with van der Waals surface area (Å²) in [6.45, 7) is 3.07. The van der Waals surface area contributed by atoms with Gasteiger partial charge in [-0.3, -0.25) is 4.98 Å². The number of rotatable bonds is 4. The third-order valence-electron chi connectivity index (χ3n) is 4.17. The molecule has 0 atom stereocenters. The van der Waals surface area contributed by atoms with Crippen LogP contribution in [0.3, 0.4) is 0 Å². The van der Waals surface area contributed by atoms with Gasteiger partial charge >= 0.3 is 5.97 Å². The third kappa shape index (κ3) is 3.68. The lowest BCUT2D eigenvalue weighted by molar-refractivity contribution is 0.0689. The van der Waals surface area contributed by atoms with E-state index in [2.05, 4.69) is 15.0 Å². The van der Waals surface area contributed by atoms with Crippen LogP contribution in [0.2, 0.25) is 0 Å². The van der Waals surface area contributed by atoms with Gasteiger partial charge in [0.15, 0.2) is 5.69 Å². The van der Waals surface area contributed by atoms with Gasteiger partial charge in [0.2, 0.25) is 11.9 Å². The molecule has 1 N–H and O–H groups in total. The van der Waals surface area contributed by atoms with Crippen molar-refractivity contribution in [2.24, 2.45) is 0 Å². The highest BCUT2D eigenvalue weighted by Gasteiger charge is 2.29. The van der Waals surface area contributed by atoms with E-state index in [1.54, 1.807) is 0 Å². The molecule has 0 aromatic carbocycles. The van der Waals surface area contributed by atoms with Crippen molar-refractivity contribution >= 4 is 5.97 Å². The van der Waals surface area contributed by atoms with Gasteiger partial charge in [0.25, 0.3) is 0 Å². The number of carbonyl (C=O) groups is 1. The Bertz CT molecular complexity index is 1090. The second-order valence-corrected chi connectivity index (χ2v) is 6.51. The smallest absolute Gasteiger partial charge is 0.354 e. The molecule has 0 amide bonds. The van der Waals surface area contributed by atoms with Crippen LogP contribution in [0.25, 0.3) is 11.3 Å². The van der Waals surface area contributed by atoms with Gasteiger partial charge in [0.1, 0.15) is 11.6 Å². The molecule has 3 rings (SSSR count). The molecule has 0 aliphatic rings. The minimum absolute atomic E-state index is 0.00773. The number of pyridine rings is 3. The van der Waals surface area contributed by atoms with Gasteiger partial charge in [0, 0.05) is 17.5 Å². The largest absolute Gasteiger partial charge is 0.477 e. The van der Waals surface area contributed by atoms with Gasteiger partial charge in [-0.15, -0.1) is 0 Å². The average molecular weight is 391 g/mol. The van der Waals surface area contributed by atoms with Crippen LogP contribution in [-0.2, 0) is 5.41 Å². The third-order valence-corrected chi connectivity index (χ3v) is 4.17. The highest BCUT2D eigenvalue weighted by molar-refractivity contribution is 5.85. The van der Waals surface area contributed by atoms with Gasteiger partial charge in [-0.2, -0.15) is 13.8 Å². The Hall–Kier alpha value is -3.36. The van der Waals surface area contributed by atoms with E-state index in [9.17, 15) is 22.4 Å². The summed E-state index contributed by atoms with van der Waals surface area (Å²) in [5.41, 5.74) is -2.09. The molecule has 0 aliphatic carbocycles. The zero-order chi connectivity index (χ0) is 20.6. The van der Waals surface area contributed by atoms with Crippen molar-refractivity contribution in [1.82, 2.24) is 15.0 Å². The zero-order valence-electron chi connectivity index (χ0n) is 14.7. The van der Waals surface area contributed by atoms with E-state index in [0.717, 1.165) is 36.4 Å². The number of aromatic carboxylic acids is 1. The van der Waals surface area contributed by atoms with Crippen LogP contribution >= 0.6 is 0 Å². The Morgan fingerprint density at radius 1 is 0.893 bits per heavy atom. The quantitative estimate of drug-likeness (QED) is 0.535. The monoisotopic (exact) mass is 391 g/mol. The Kier molecular flexibility index (Phi) is 4.84. The number of aromatic nitrogens is 3. The molecule has 28 heavy (non-hydrogen) atoms. The van der Waals surface area contributed by atoms with E-state index in [4.69, 9.17) is 5.11 Å². The molecule has 9 heteroatoms. The van der Waals surface area contributed by atoms with Gasteiger partial charge in [-0.05, 0) is 38.1 Å². The molecule has 144 valence electrons. The van der Waals surface area contributed by atoms with Gasteiger partial charge < -0.3 is 5.11 Å². The van der Waals surface area contributed by atoms with Crippen LogP contribution in [0.15, 0.2) is 36.4 Å². The number of carboxylic acid groups (broad SMARTS) is 1. The van der Waals surface area contributed by atoms with E-state index in [1.807, 2.05) is 0 Å². The Balaban J connectivity index is 2.15. The summed E-state index contributed by atoms with van der Waals surface area (Å²) >= 11 is 0. The fourth-order valence-electron chi connectivity index (χ4n) is 2.62. The predicted octanol–water partition coefficient (Wildman–Crippen LogP) is 4.12. The van der Waals surface area contributed by atoms with E-state index < -0.39 is 40.6 Å². The van der Waals surface area contributed by atoms with Crippen LogP contribution in [0, 0.1) is 23.5 Å². The number of hydrogen-bond donors (Lipinski definition) is 1. The maximum atomic E-state index is 14.2. The second-order valence-electron chi connectivity index (χ2n) is 6.51. The minimum Gasteiger partial charge on any atom is -0.477 e. The normalized spacial score (nSPS) is 11.5. The first-order valence-electron chi connectivity index (χ1n) is 8.00. The van der Waals surface area contributed by atoms with Gasteiger partial charge in [-0.1, -0.05) is 0 Å². The Morgan fingerprint density at radius 2 is 1.50 bits per heavy atom. The molecule has 0 spiro atoms. The minimum atomic E-state index is -1.43. The highest BCUT2D eigenvalue weighted by Crippen LogP contribution is 2.32. The summed E-state index contributed by atoms with van der Waals surface area (Å²) < 4.78 is 55.1. The van der Waals surface area contributed by atoms with E-state index in [1.165, 1.54) is 13.8 Å². The van der Waals surface area contributed by atoms with E-state index in [-0.39, 0.29) is 22.6 Å². The Morgan fingerprint density at radius 3 is 2.11 bits per heavy atom. The zero-order valence-corrected chi connectivity index (χ0v) is 14.7. The topological polar surface area (TPSA) is 76.0 Å². The van der Waals surface area contributed by atoms with Crippen LogP contribution in [-0.4, -0.2) is 26.0 Å². The Labute approximate surface area is 156 Å². The standard InChI is InChI=1S/C19H13F4N3O2/c1-19(2,15-8-10(21)6-13(25-15)18(27)28)14-7-9(20)5-12(24-14)11-3-4-16(22)26-17(11)23/h3-8H,1-2H3,(H,27,28). The summed E-state index contributed by atoms with van der Waals surface area (Å²) in [6.07, 6.45) is 0. The van der Waals surface area contributed by atoms with Crippen molar-refractivity contribution in [3.63, 3.8) is 0 Å². The molecule has 3 aromatic heterocycles. The van der Waals surface area contributed by atoms with Gasteiger partial charge in [0.05, 0.1) is 22.6 Å². The highest BCUT2D eigenvalue weighted by atomic mass is 19.1.